The molecule has 6 heteroatoms. The van der Waals surface area contributed by atoms with Gasteiger partial charge in [0.05, 0.1) is 5.01 Å². The normalized spacial score (nSPS) is 19.9. The van der Waals surface area contributed by atoms with Gasteiger partial charge in [0, 0.05) is 34.3 Å². The SMILES string of the molecule is Cc1nc(C(=O)N2CCS[C@H](c3cccs3)CC2)cs1. The maximum atomic E-state index is 12.4. The first-order valence-electron chi connectivity index (χ1n) is 6.60. The number of hydrogen-bond acceptors (Lipinski definition) is 5. The highest BCUT2D eigenvalue weighted by molar-refractivity contribution is 7.99. The molecular weight excluding hydrogens is 308 g/mol. The molecule has 0 unspecified atom stereocenters. The molecule has 0 saturated carbocycles. The van der Waals surface area contributed by atoms with Crippen molar-refractivity contribution in [2.75, 3.05) is 18.8 Å². The van der Waals surface area contributed by atoms with Gasteiger partial charge in [-0.1, -0.05) is 6.07 Å². The molecule has 3 heterocycles. The summed E-state index contributed by atoms with van der Waals surface area (Å²) in [6, 6.07) is 4.30. The summed E-state index contributed by atoms with van der Waals surface area (Å²) in [5.41, 5.74) is 0.604. The summed E-state index contributed by atoms with van der Waals surface area (Å²) in [5, 5.41) is 5.48. The van der Waals surface area contributed by atoms with Crippen molar-refractivity contribution in [1.82, 2.24) is 9.88 Å². The summed E-state index contributed by atoms with van der Waals surface area (Å²) >= 11 is 5.31. The number of amides is 1. The van der Waals surface area contributed by atoms with Crippen LogP contribution in [0.25, 0.3) is 0 Å². The molecule has 3 rings (SSSR count). The zero-order valence-corrected chi connectivity index (χ0v) is 13.7. The van der Waals surface area contributed by atoms with Crippen molar-refractivity contribution in [2.45, 2.75) is 18.6 Å². The largest absolute Gasteiger partial charge is 0.336 e. The fraction of sp³-hybridized carbons (Fsp3) is 0.429. The van der Waals surface area contributed by atoms with Crippen LogP contribution in [0.3, 0.4) is 0 Å². The second-order valence-corrected chi connectivity index (χ2v) is 8.06. The Morgan fingerprint density at radius 1 is 1.40 bits per heavy atom. The zero-order chi connectivity index (χ0) is 13.9. The minimum atomic E-state index is 0.0850. The molecule has 20 heavy (non-hydrogen) atoms. The number of nitrogens with zero attached hydrogens (tertiary/aromatic N) is 2. The molecule has 0 N–H and O–H groups in total. The lowest BCUT2D eigenvalue weighted by Gasteiger charge is -2.18. The van der Waals surface area contributed by atoms with Crippen molar-refractivity contribution >= 4 is 40.3 Å². The molecule has 1 aliphatic heterocycles. The van der Waals surface area contributed by atoms with Gasteiger partial charge >= 0.3 is 0 Å². The van der Waals surface area contributed by atoms with E-state index >= 15 is 0 Å². The molecule has 1 atom stereocenters. The maximum absolute atomic E-state index is 12.4. The lowest BCUT2D eigenvalue weighted by Crippen LogP contribution is -2.33. The van der Waals surface area contributed by atoms with Crippen LogP contribution in [-0.2, 0) is 0 Å². The van der Waals surface area contributed by atoms with E-state index in [-0.39, 0.29) is 5.91 Å². The molecule has 1 aliphatic rings. The van der Waals surface area contributed by atoms with Crippen LogP contribution < -0.4 is 0 Å². The quantitative estimate of drug-likeness (QED) is 0.841. The van der Waals surface area contributed by atoms with Gasteiger partial charge < -0.3 is 4.90 Å². The van der Waals surface area contributed by atoms with Gasteiger partial charge in [-0.3, -0.25) is 4.79 Å². The van der Waals surface area contributed by atoms with Crippen molar-refractivity contribution in [2.24, 2.45) is 0 Å². The third-order valence-electron chi connectivity index (χ3n) is 3.33. The van der Waals surface area contributed by atoms with Crippen LogP contribution in [0.4, 0.5) is 0 Å². The Labute approximate surface area is 131 Å². The average molecular weight is 324 g/mol. The molecule has 0 radical (unpaired) electrons. The van der Waals surface area contributed by atoms with Gasteiger partial charge in [0.15, 0.2) is 0 Å². The van der Waals surface area contributed by atoms with Gasteiger partial charge in [-0.2, -0.15) is 11.8 Å². The number of aromatic nitrogens is 1. The van der Waals surface area contributed by atoms with Crippen LogP contribution in [0.2, 0.25) is 0 Å². The monoisotopic (exact) mass is 324 g/mol. The number of thiophene rings is 1. The lowest BCUT2D eigenvalue weighted by molar-refractivity contribution is 0.0761. The minimum Gasteiger partial charge on any atom is -0.336 e. The van der Waals surface area contributed by atoms with Gasteiger partial charge in [0.2, 0.25) is 0 Å². The summed E-state index contributed by atoms with van der Waals surface area (Å²) in [6.07, 6.45) is 1.03. The number of rotatable bonds is 2. The first-order valence-corrected chi connectivity index (χ1v) is 9.41. The molecule has 3 nitrogen and oxygen atoms in total. The molecule has 106 valence electrons. The second kappa shape index (κ2) is 6.28. The van der Waals surface area contributed by atoms with Gasteiger partial charge in [-0.25, -0.2) is 4.98 Å². The Bertz CT molecular complexity index is 579. The summed E-state index contributed by atoms with van der Waals surface area (Å²) < 4.78 is 0. The van der Waals surface area contributed by atoms with Crippen LogP contribution in [0.5, 0.6) is 0 Å². The standard InChI is InChI=1S/C14H16N2OS3/c1-10-15-11(9-20-10)14(17)16-5-4-13(19-8-6-16)12-3-2-7-18-12/h2-3,7,9,13H,4-6,8H2,1H3/t13-/m0/s1. The van der Waals surface area contributed by atoms with Crippen LogP contribution in [0.15, 0.2) is 22.9 Å². The number of thiazole rings is 1. The molecule has 1 saturated heterocycles. The fourth-order valence-corrected chi connectivity index (χ4v) is 5.12. The van der Waals surface area contributed by atoms with Crippen molar-refractivity contribution < 1.29 is 4.79 Å². The van der Waals surface area contributed by atoms with Crippen LogP contribution >= 0.6 is 34.4 Å². The van der Waals surface area contributed by atoms with E-state index in [4.69, 9.17) is 0 Å². The fourth-order valence-electron chi connectivity index (χ4n) is 2.30. The summed E-state index contributed by atoms with van der Waals surface area (Å²) in [5.74, 6) is 1.08. The van der Waals surface area contributed by atoms with E-state index in [2.05, 4.69) is 22.5 Å². The van der Waals surface area contributed by atoms with Crippen LogP contribution in [-0.4, -0.2) is 34.6 Å². The average Bonchev–Trinajstić information content (AvgIpc) is 3.05. The molecule has 0 aromatic carbocycles. The Kier molecular flexibility index (Phi) is 4.43. The van der Waals surface area contributed by atoms with Crippen LogP contribution in [0, 0.1) is 6.92 Å². The molecule has 0 aliphatic carbocycles. The number of thioether (sulfide) groups is 1. The smallest absolute Gasteiger partial charge is 0.273 e. The Morgan fingerprint density at radius 2 is 2.30 bits per heavy atom. The molecule has 0 spiro atoms. The highest BCUT2D eigenvalue weighted by Crippen LogP contribution is 2.36. The van der Waals surface area contributed by atoms with Crippen molar-refractivity contribution in [1.29, 1.82) is 0 Å². The third-order valence-corrected chi connectivity index (χ3v) is 6.55. The van der Waals surface area contributed by atoms with Crippen LogP contribution in [0.1, 0.15) is 32.0 Å². The lowest BCUT2D eigenvalue weighted by atomic mass is 10.2. The Balaban J connectivity index is 1.66. The number of aryl methyl sites for hydroxylation is 1. The second-order valence-electron chi connectivity index (χ2n) is 4.71. The van der Waals surface area contributed by atoms with E-state index < -0.39 is 0 Å². The van der Waals surface area contributed by atoms with Gasteiger partial charge in [-0.15, -0.1) is 22.7 Å². The predicted molar refractivity (Wildman–Crippen MR) is 86.9 cm³/mol. The van der Waals surface area contributed by atoms with Gasteiger partial charge in [0.25, 0.3) is 5.91 Å². The van der Waals surface area contributed by atoms with Crippen molar-refractivity contribution in [3.63, 3.8) is 0 Å². The highest BCUT2D eigenvalue weighted by Gasteiger charge is 2.24. The zero-order valence-electron chi connectivity index (χ0n) is 11.2. The Hall–Kier alpha value is -0.850. The van der Waals surface area contributed by atoms with E-state index in [1.807, 2.05) is 40.3 Å². The van der Waals surface area contributed by atoms with Crippen molar-refractivity contribution in [3.8, 4) is 0 Å². The van der Waals surface area contributed by atoms with Crippen molar-refractivity contribution in [3.05, 3.63) is 38.5 Å². The number of carbonyl (C=O) groups excluding carboxylic acids is 1. The van der Waals surface area contributed by atoms with E-state index in [1.54, 1.807) is 0 Å². The third kappa shape index (κ3) is 3.07. The first-order chi connectivity index (χ1) is 9.74. The predicted octanol–water partition coefficient (Wildman–Crippen LogP) is 3.83. The summed E-state index contributed by atoms with van der Waals surface area (Å²) in [7, 11) is 0. The maximum Gasteiger partial charge on any atom is 0.273 e. The van der Waals surface area contributed by atoms with E-state index in [9.17, 15) is 4.79 Å². The highest BCUT2D eigenvalue weighted by atomic mass is 32.2. The van der Waals surface area contributed by atoms with E-state index in [1.165, 1.54) is 16.2 Å². The molecule has 2 aromatic rings. The molecule has 0 bridgehead atoms. The molecule has 1 fully saturated rings. The number of hydrogen-bond donors (Lipinski definition) is 0. The van der Waals surface area contributed by atoms with E-state index in [0.717, 1.165) is 30.3 Å². The van der Waals surface area contributed by atoms with Gasteiger partial charge in [-0.05, 0) is 24.8 Å². The van der Waals surface area contributed by atoms with Gasteiger partial charge in [0.1, 0.15) is 5.69 Å². The Morgan fingerprint density at radius 3 is 3.00 bits per heavy atom. The first kappa shape index (κ1) is 14.1. The summed E-state index contributed by atoms with van der Waals surface area (Å²) in [6.45, 7) is 3.58. The minimum absolute atomic E-state index is 0.0850. The number of carbonyl (C=O) groups is 1. The molecule has 1 amide bonds. The summed E-state index contributed by atoms with van der Waals surface area (Å²) in [4.78, 5) is 20.1. The van der Waals surface area contributed by atoms with E-state index in [0.29, 0.717) is 10.9 Å². The molecule has 2 aromatic heterocycles. The topological polar surface area (TPSA) is 33.2 Å². The molecular formula is C14H16N2OS3.